The van der Waals surface area contributed by atoms with Crippen LogP contribution in [-0.2, 0) is 20.8 Å². The van der Waals surface area contributed by atoms with Gasteiger partial charge in [0.2, 0.25) is 5.91 Å². The lowest BCUT2D eigenvalue weighted by molar-refractivity contribution is -0.384. The molecule has 0 radical (unpaired) electrons. The van der Waals surface area contributed by atoms with E-state index < -0.39 is 28.8 Å². The normalized spacial score (nSPS) is 11.8. The van der Waals surface area contributed by atoms with Crippen LogP contribution in [-0.4, -0.2) is 39.0 Å². The van der Waals surface area contributed by atoms with Gasteiger partial charge in [-0.2, -0.15) is 0 Å². The summed E-state index contributed by atoms with van der Waals surface area (Å²) in [5.41, 5.74) is 0.155. The molecular formula is C13H12N2O7. The summed E-state index contributed by atoms with van der Waals surface area (Å²) in [6, 6.07) is 4.01. The number of rotatable bonds is 7. The number of hydrogen-bond donors (Lipinski definition) is 3. The minimum atomic E-state index is -1.35. The van der Waals surface area contributed by atoms with Crippen molar-refractivity contribution >= 4 is 23.5 Å². The third kappa shape index (κ3) is 5.41. The van der Waals surface area contributed by atoms with Crippen LogP contribution in [0.2, 0.25) is 0 Å². The lowest BCUT2D eigenvalue weighted by Crippen LogP contribution is -2.41. The van der Waals surface area contributed by atoms with Crippen molar-refractivity contribution in [2.45, 2.75) is 12.5 Å². The molecule has 9 heteroatoms. The van der Waals surface area contributed by atoms with Gasteiger partial charge in [0.25, 0.3) is 5.69 Å². The Morgan fingerprint density at radius 3 is 2.50 bits per heavy atom. The minimum absolute atomic E-state index is 0.177. The van der Waals surface area contributed by atoms with Gasteiger partial charge in [0, 0.05) is 30.7 Å². The van der Waals surface area contributed by atoms with E-state index in [4.69, 9.17) is 10.2 Å². The van der Waals surface area contributed by atoms with Crippen LogP contribution in [0.1, 0.15) is 5.56 Å². The van der Waals surface area contributed by atoms with Crippen LogP contribution in [0.4, 0.5) is 5.69 Å². The van der Waals surface area contributed by atoms with Gasteiger partial charge in [-0.25, -0.2) is 9.59 Å². The van der Waals surface area contributed by atoms with Crippen molar-refractivity contribution in [3.63, 3.8) is 0 Å². The Balaban J connectivity index is 2.82. The zero-order chi connectivity index (χ0) is 16.7. The van der Waals surface area contributed by atoms with Gasteiger partial charge in [0.15, 0.2) is 0 Å². The van der Waals surface area contributed by atoms with Crippen molar-refractivity contribution in [3.8, 4) is 0 Å². The number of amides is 1. The van der Waals surface area contributed by atoms with Crippen LogP contribution in [0.3, 0.4) is 0 Å². The first kappa shape index (κ1) is 16.8. The first-order valence-corrected chi connectivity index (χ1v) is 5.97. The van der Waals surface area contributed by atoms with Crippen LogP contribution in [0.15, 0.2) is 36.4 Å². The molecule has 0 aliphatic heterocycles. The zero-order valence-electron chi connectivity index (χ0n) is 11.1. The van der Waals surface area contributed by atoms with Gasteiger partial charge in [-0.1, -0.05) is 12.1 Å². The van der Waals surface area contributed by atoms with Crippen LogP contribution in [0, 0.1) is 10.1 Å². The number of nitrogens with zero attached hydrogens (tertiary/aromatic N) is 1. The lowest BCUT2D eigenvalue weighted by Gasteiger charge is -2.13. The number of nitro benzene ring substituents is 1. The fourth-order valence-corrected chi connectivity index (χ4v) is 1.60. The highest BCUT2D eigenvalue weighted by molar-refractivity contribution is 5.95. The Morgan fingerprint density at radius 1 is 1.27 bits per heavy atom. The van der Waals surface area contributed by atoms with E-state index in [9.17, 15) is 24.5 Å². The summed E-state index contributed by atoms with van der Waals surface area (Å²) in [4.78, 5) is 42.8. The predicted molar refractivity (Wildman–Crippen MR) is 73.1 cm³/mol. The molecule has 0 fully saturated rings. The maximum absolute atomic E-state index is 11.4. The number of benzene rings is 1. The molecular weight excluding hydrogens is 296 g/mol. The van der Waals surface area contributed by atoms with Gasteiger partial charge in [0.05, 0.1) is 4.92 Å². The predicted octanol–water partition coefficient (Wildman–Crippen LogP) is 0.347. The van der Waals surface area contributed by atoms with E-state index in [1.807, 2.05) is 0 Å². The monoisotopic (exact) mass is 308 g/mol. The van der Waals surface area contributed by atoms with Crippen LogP contribution < -0.4 is 5.32 Å². The van der Waals surface area contributed by atoms with Gasteiger partial charge < -0.3 is 15.5 Å². The molecule has 1 aromatic rings. The Labute approximate surface area is 124 Å². The second-order valence-electron chi connectivity index (χ2n) is 4.20. The number of nitrogens with one attached hydrogen (secondary N) is 1. The van der Waals surface area contributed by atoms with Gasteiger partial charge in [0.1, 0.15) is 6.04 Å². The molecule has 3 N–H and O–H groups in total. The molecule has 0 aliphatic rings. The van der Waals surface area contributed by atoms with Crippen molar-refractivity contribution in [1.29, 1.82) is 0 Å². The van der Waals surface area contributed by atoms with E-state index in [1.165, 1.54) is 24.3 Å². The molecule has 0 bridgehead atoms. The van der Waals surface area contributed by atoms with Gasteiger partial charge in [-0.15, -0.1) is 0 Å². The maximum Gasteiger partial charge on any atom is 0.328 e. The summed E-state index contributed by atoms with van der Waals surface area (Å²) < 4.78 is 0. The first-order valence-electron chi connectivity index (χ1n) is 5.97. The molecule has 0 aliphatic carbocycles. The summed E-state index contributed by atoms with van der Waals surface area (Å²) >= 11 is 0. The average Bonchev–Trinajstić information content (AvgIpc) is 2.44. The fraction of sp³-hybridized carbons (Fsp3) is 0.154. The van der Waals surface area contributed by atoms with Crippen LogP contribution in [0.25, 0.3) is 0 Å². The molecule has 1 amide bonds. The van der Waals surface area contributed by atoms with Gasteiger partial charge in [-0.05, 0) is 5.56 Å². The van der Waals surface area contributed by atoms with E-state index >= 15 is 0 Å². The molecule has 0 saturated heterocycles. The number of carbonyl (C=O) groups is 3. The van der Waals surface area contributed by atoms with E-state index in [1.54, 1.807) is 0 Å². The summed E-state index contributed by atoms with van der Waals surface area (Å²) in [5.74, 6) is -3.58. The second-order valence-corrected chi connectivity index (χ2v) is 4.20. The smallest absolute Gasteiger partial charge is 0.328 e. The van der Waals surface area contributed by atoms with Gasteiger partial charge >= 0.3 is 11.9 Å². The number of carboxylic acid groups (broad SMARTS) is 2. The Kier molecular flexibility index (Phi) is 5.75. The maximum atomic E-state index is 11.4. The molecule has 1 rings (SSSR count). The highest BCUT2D eigenvalue weighted by Crippen LogP contribution is 2.14. The van der Waals surface area contributed by atoms with E-state index in [-0.39, 0.29) is 12.1 Å². The largest absolute Gasteiger partial charge is 0.480 e. The molecule has 0 spiro atoms. The molecule has 116 valence electrons. The zero-order valence-corrected chi connectivity index (χ0v) is 11.1. The minimum Gasteiger partial charge on any atom is -0.480 e. The van der Waals surface area contributed by atoms with Crippen molar-refractivity contribution in [3.05, 3.63) is 52.1 Å². The van der Waals surface area contributed by atoms with Crippen LogP contribution in [0.5, 0.6) is 0 Å². The molecule has 1 atom stereocenters. The number of carbonyl (C=O) groups excluding carboxylic acids is 1. The molecule has 1 aromatic carbocycles. The molecule has 0 saturated carbocycles. The topological polar surface area (TPSA) is 147 Å². The first-order chi connectivity index (χ1) is 10.3. The lowest BCUT2D eigenvalue weighted by atomic mass is 10.1. The van der Waals surface area contributed by atoms with E-state index in [0.717, 1.165) is 0 Å². The van der Waals surface area contributed by atoms with Crippen molar-refractivity contribution < 1.29 is 29.5 Å². The highest BCUT2D eigenvalue weighted by atomic mass is 16.6. The summed E-state index contributed by atoms with van der Waals surface area (Å²) in [5, 5.41) is 30.2. The molecule has 9 nitrogen and oxygen atoms in total. The third-order valence-electron chi connectivity index (χ3n) is 2.55. The van der Waals surface area contributed by atoms with E-state index in [0.29, 0.717) is 17.7 Å². The number of hydrogen-bond acceptors (Lipinski definition) is 5. The van der Waals surface area contributed by atoms with Crippen molar-refractivity contribution in [2.75, 3.05) is 0 Å². The van der Waals surface area contributed by atoms with Crippen molar-refractivity contribution in [2.24, 2.45) is 0 Å². The van der Waals surface area contributed by atoms with Gasteiger partial charge in [-0.3, -0.25) is 14.9 Å². The Hall–Kier alpha value is -3.23. The summed E-state index contributed by atoms with van der Waals surface area (Å²) in [6.45, 7) is 0. The standard InChI is InChI=1S/C13H12N2O7/c16-11(4-5-12(17)18)14-10(13(19)20)7-8-2-1-3-9(6-8)15(21)22/h1-6,10H,7H2,(H,14,16)(H,17,18)(H,19,20). The summed E-state index contributed by atoms with van der Waals surface area (Å²) in [6.07, 6.45) is 1.08. The fourth-order valence-electron chi connectivity index (χ4n) is 1.60. The molecule has 0 aromatic heterocycles. The number of aliphatic carboxylic acids is 2. The molecule has 22 heavy (non-hydrogen) atoms. The van der Waals surface area contributed by atoms with E-state index in [2.05, 4.69) is 5.32 Å². The Bertz CT molecular complexity index is 639. The SMILES string of the molecule is O=C(O)C=CC(=O)NC(Cc1cccc([N+](=O)[O-])c1)C(=O)O. The Morgan fingerprint density at radius 2 is 1.95 bits per heavy atom. The highest BCUT2D eigenvalue weighted by Gasteiger charge is 2.20. The number of carboxylic acids is 2. The third-order valence-corrected chi connectivity index (χ3v) is 2.55. The quantitative estimate of drug-likeness (QED) is 0.374. The average molecular weight is 308 g/mol. The molecule has 1 unspecified atom stereocenters. The van der Waals surface area contributed by atoms with Crippen molar-refractivity contribution in [1.82, 2.24) is 5.32 Å². The summed E-state index contributed by atoms with van der Waals surface area (Å²) in [7, 11) is 0. The number of non-ortho nitro benzene ring substituents is 1. The van der Waals surface area contributed by atoms with Crippen LogP contribution >= 0.6 is 0 Å². The number of nitro groups is 1. The molecule has 0 heterocycles. The second kappa shape index (κ2) is 7.53.